The first-order chi connectivity index (χ1) is 10.9. The van der Waals surface area contributed by atoms with Gasteiger partial charge in [-0.05, 0) is 62.8 Å². The summed E-state index contributed by atoms with van der Waals surface area (Å²) in [5, 5.41) is 0.649. The molecule has 0 unspecified atom stereocenters. The summed E-state index contributed by atoms with van der Waals surface area (Å²) in [5.74, 6) is 0.466. The number of aryl methyl sites for hydroxylation is 2. The molecule has 0 radical (unpaired) electrons. The third-order valence-electron chi connectivity index (χ3n) is 4.54. The highest BCUT2D eigenvalue weighted by Gasteiger charge is 2.27. The van der Waals surface area contributed by atoms with E-state index in [0.717, 1.165) is 40.7 Å². The molecule has 5 heteroatoms. The molecule has 3 rings (SSSR count). The van der Waals surface area contributed by atoms with Gasteiger partial charge in [-0.3, -0.25) is 9.00 Å². The van der Waals surface area contributed by atoms with Gasteiger partial charge in [0.1, 0.15) is 0 Å². The Bertz CT molecular complexity index is 804. The van der Waals surface area contributed by atoms with Gasteiger partial charge in [-0.1, -0.05) is 6.07 Å². The van der Waals surface area contributed by atoms with Crippen molar-refractivity contribution in [3.63, 3.8) is 0 Å². The number of ketones is 1. The number of hydrogen-bond donors (Lipinski definition) is 0. The highest BCUT2D eigenvalue weighted by molar-refractivity contribution is 7.84. The Hall–Kier alpha value is -1.75. The number of hydrogen-bond acceptors (Lipinski definition) is 3. The quantitative estimate of drug-likeness (QED) is 0.786. The van der Waals surface area contributed by atoms with Crippen molar-refractivity contribution < 1.29 is 9.00 Å². The maximum absolute atomic E-state index is 12.8. The van der Waals surface area contributed by atoms with Crippen molar-refractivity contribution in [1.82, 2.24) is 9.55 Å². The number of carbonyl (C=O) groups excluding carboxylic acids is 1. The van der Waals surface area contributed by atoms with Gasteiger partial charge in [-0.15, -0.1) is 0 Å². The molecule has 1 aromatic carbocycles. The molecule has 122 valence electrons. The van der Waals surface area contributed by atoms with Crippen LogP contribution in [0.25, 0.3) is 0 Å². The van der Waals surface area contributed by atoms with Gasteiger partial charge in [0.05, 0.1) is 16.6 Å². The van der Waals surface area contributed by atoms with Gasteiger partial charge < -0.3 is 4.57 Å². The Kier molecular flexibility index (Phi) is 4.23. The summed E-state index contributed by atoms with van der Waals surface area (Å²) in [5.41, 5.74) is 4.79. The molecule has 0 N–H and O–H groups in total. The number of Topliss-reactive ketones (excluding diaryl/α,β-unsaturated/α-hetero) is 1. The van der Waals surface area contributed by atoms with Crippen LogP contribution in [-0.2, 0) is 16.6 Å². The van der Waals surface area contributed by atoms with E-state index < -0.39 is 10.8 Å². The molecule has 0 aliphatic heterocycles. The average molecular weight is 330 g/mol. The second-order valence-electron chi connectivity index (χ2n) is 6.38. The highest BCUT2D eigenvalue weighted by Crippen LogP contribution is 2.36. The molecular formula is C18H22N2O2S. The van der Waals surface area contributed by atoms with Gasteiger partial charge in [-0.2, -0.15) is 0 Å². The fourth-order valence-electron chi connectivity index (χ4n) is 3.29. The SMILES string of the molecule is CC(=O)c1c(C)cc(C)c(C[S@](=O)c2nccn2C2CC2)c1C. The summed E-state index contributed by atoms with van der Waals surface area (Å²) >= 11 is 0. The van der Waals surface area contributed by atoms with Crippen molar-refractivity contribution in [3.05, 3.63) is 46.3 Å². The molecule has 1 heterocycles. The fourth-order valence-corrected chi connectivity index (χ4v) is 4.75. The van der Waals surface area contributed by atoms with E-state index in [-0.39, 0.29) is 5.78 Å². The van der Waals surface area contributed by atoms with E-state index in [1.54, 1.807) is 13.1 Å². The van der Waals surface area contributed by atoms with E-state index in [1.165, 1.54) is 0 Å². The summed E-state index contributed by atoms with van der Waals surface area (Å²) in [7, 11) is -1.20. The van der Waals surface area contributed by atoms with E-state index in [1.807, 2.05) is 37.6 Å². The Morgan fingerprint density at radius 1 is 1.30 bits per heavy atom. The topological polar surface area (TPSA) is 52.0 Å². The first kappa shape index (κ1) is 16.1. The van der Waals surface area contributed by atoms with Crippen LogP contribution in [0, 0.1) is 20.8 Å². The normalized spacial score (nSPS) is 15.7. The first-order valence-electron chi connectivity index (χ1n) is 7.92. The monoisotopic (exact) mass is 330 g/mol. The second-order valence-corrected chi connectivity index (χ2v) is 7.73. The van der Waals surface area contributed by atoms with Gasteiger partial charge in [-0.25, -0.2) is 4.98 Å². The predicted molar refractivity (Wildman–Crippen MR) is 91.3 cm³/mol. The summed E-state index contributed by atoms with van der Waals surface area (Å²) in [6, 6.07) is 2.48. The smallest absolute Gasteiger partial charge is 0.199 e. The minimum Gasteiger partial charge on any atom is -0.321 e. The zero-order valence-corrected chi connectivity index (χ0v) is 14.9. The van der Waals surface area contributed by atoms with Crippen molar-refractivity contribution in [2.75, 3.05) is 0 Å². The Labute approximate surface area is 139 Å². The van der Waals surface area contributed by atoms with Crippen LogP contribution < -0.4 is 0 Å². The van der Waals surface area contributed by atoms with Gasteiger partial charge in [0, 0.05) is 24.0 Å². The first-order valence-corrected chi connectivity index (χ1v) is 9.24. The van der Waals surface area contributed by atoms with Crippen LogP contribution in [0.4, 0.5) is 0 Å². The Morgan fingerprint density at radius 3 is 2.61 bits per heavy atom. The summed E-state index contributed by atoms with van der Waals surface area (Å²) in [4.78, 5) is 16.2. The fraction of sp³-hybridized carbons (Fsp3) is 0.444. The van der Waals surface area contributed by atoms with E-state index in [4.69, 9.17) is 0 Å². The lowest BCUT2D eigenvalue weighted by Crippen LogP contribution is -2.10. The molecule has 4 nitrogen and oxygen atoms in total. The third-order valence-corrected chi connectivity index (χ3v) is 5.81. The number of nitrogens with zero attached hydrogens (tertiary/aromatic N) is 2. The molecule has 0 saturated heterocycles. The molecule has 1 saturated carbocycles. The van der Waals surface area contributed by atoms with Crippen molar-refractivity contribution >= 4 is 16.6 Å². The number of imidazole rings is 1. The minimum atomic E-state index is -1.20. The van der Waals surface area contributed by atoms with Crippen molar-refractivity contribution in [3.8, 4) is 0 Å². The van der Waals surface area contributed by atoms with Crippen LogP contribution in [0.15, 0.2) is 23.6 Å². The molecule has 0 amide bonds. The maximum atomic E-state index is 12.8. The number of aromatic nitrogens is 2. The zero-order chi connectivity index (χ0) is 16.7. The largest absolute Gasteiger partial charge is 0.321 e. The summed E-state index contributed by atoms with van der Waals surface area (Å²) in [6.07, 6.45) is 5.91. The standard InChI is InChI=1S/C18H22N2O2S/c1-11-9-12(2)17(14(4)21)13(3)16(11)10-23(22)18-19-7-8-20(18)15-5-6-15/h7-9,15H,5-6,10H2,1-4H3/t23-/m0/s1. The van der Waals surface area contributed by atoms with Gasteiger partial charge in [0.25, 0.3) is 0 Å². The van der Waals surface area contributed by atoms with Crippen LogP contribution in [0.3, 0.4) is 0 Å². The summed E-state index contributed by atoms with van der Waals surface area (Å²) in [6.45, 7) is 7.52. The molecule has 2 aromatic rings. The highest BCUT2D eigenvalue weighted by atomic mass is 32.2. The van der Waals surface area contributed by atoms with Gasteiger partial charge >= 0.3 is 0 Å². The van der Waals surface area contributed by atoms with E-state index in [0.29, 0.717) is 17.0 Å². The van der Waals surface area contributed by atoms with Crippen molar-refractivity contribution in [1.29, 1.82) is 0 Å². The Balaban J connectivity index is 1.96. The van der Waals surface area contributed by atoms with Gasteiger partial charge in [0.2, 0.25) is 0 Å². The van der Waals surface area contributed by atoms with E-state index in [2.05, 4.69) is 4.98 Å². The lowest BCUT2D eigenvalue weighted by Gasteiger charge is -2.16. The molecule has 0 spiro atoms. The van der Waals surface area contributed by atoms with Crippen LogP contribution in [-0.4, -0.2) is 19.5 Å². The molecule has 1 aliphatic carbocycles. The molecular weight excluding hydrogens is 308 g/mol. The second kappa shape index (κ2) is 6.04. The molecule has 0 bridgehead atoms. The zero-order valence-electron chi connectivity index (χ0n) is 14.0. The van der Waals surface area contributed by atoms with Crippen LogP contribution in [0.1, 0.15) is 58.4 Å². The van der Waals surface area contributed by atoms with Gasteiger partial charge in [0.15, 0.2) is 10.9 Å². The van der Waals surface area contributed by atoms with Crippen molar-refractivity contribution in [2.24, 2.45) is 0 Å². The number of carbonyl (C=O) groups is 1. The van der Waals surface area contributed by atoms with E-state index in [9.17, 15) is 9.00 Å². The molecule has 1 atom stereocenters. The molecule has 1 aromatic heterocycles. The molecule has 1 fully saturated rings. The predicted octanol–water partition coefficient (Wildman–Crippen LogP) is 3.65. The lowest BCUT2D eigenvalue weighted by molar-refractivity contribution is 0.101. The third kappa shape index (κ3) is 3.02. The Morgan fingerprint density at radius 2 is 2.00 bits per heavy atom. The number of benzene rings is 1. The number of rotatable bonds is 5. The van der Waals surface area contributed by atoms with Crippen LogP contribution in [0.5, 0.6) is 0 Å². The van der Waals surface area contributed by atoms with Crippen LogP contribution >= 0.6 is 0 Å². The molecule has 23 heavy (non-hydrogen) atoms. The molecule has 1 aliphatic rings. The maximum Gasteiger partial charge on any atom is 0.199 e. The van der Waals surface area contributed by atoms with Crippen molar-refractivity contribution in [2.45, 2.75) is 57.5 Å². The van der Waals surface area contributed by atoms with Crippen LogP contribution in [0.2, 0.25) is 0 Å². The lowest BCUT2D eigenvalue weighted by atomic mass is 9.92. The van der Waals surface area contributed by atoms with E-state index >= 15 is 0 Å². The summed E-state index contributed by atoms with van der Waals surface area (Å²) < 4.78 is 14.9. The minimum absolute atomic E-state index is 0.0616. The average Bonchev–Trinajstić information content (AvgIpc) is 3.19.